The van der Waals surface area contributed by atoms with E-state index >= 15 is 0 Å². The number of nitrogens with zero attached hydrogens (tertiary/aromatic N) is 2. The number of likely N-dealkylation sites (N-methyl/N-ethyl adjacent to an activating group) is 1. The van der Waals surface area contributed by atoms with Crippen molar-refractivity contribution in [2.45, 2.75) is 58.4 Å². The molecule has 1 aromatic carbocycles. The van der Waals surface area contributed by atoms with E-state index in [1.807, 2.05) is 13.1 Å². The lowest BCUT2D eigenvalue weighted by Crippen LogP contribution is -2.16. The molecule has 0 aliphatic heterocycles. The van der Waals surface area contributed by atoms with Crippen molar-refractivity contribution in [2.24, 2.45) is 0 Å². The largest absolute Gasteiger partial charge is 0.320 e. The molecule has 0 unspecified atom stereocenters. The monoisotopic (exact) mass is 370 g/mol. The molecule has 1 heterocycles. The molecule has 0 bridgehead atoms. The average Bonchev–Trinajstić information content (AvgIpc) is 3.03. The number of aryl methyl sites for hydroxylation is 1. The molecule has 3 N–H and O–H groups in total. The Morgan fingerprint density at radius 1 is 1.26 bits per heavy atom. The summed E-state index contributed by atoms with van der Waals surface area (Å²) in [5.41, 5.74) is 4.07. The third-order valence-electron chi connectivity index (χ3n) is 4.55. The predicted octanol–water partition coefficient (Wildman–Crippen LogP) is 3.28. The molecule has 0 atom stereocenters. The summed E-state index contributed by atoms with van der Waals surface area (Å²) in [5.74, 6) is 0.501. The van der Waals surface area contributed by atoms with E-state index in [2.05, 4.69) is 28.9 Å². The van der Waals surface area contributed by atoms with E-state index in [-0.39, 0.29) is 0 Å². The Hall–Kier alpha value is -2.36. The fraction of sp³-hybridized carbons (Fsp3) is 0.524. The molecule has 6 heteroatoms. The Kier molecular flexibility index (Phi) is 8.82. The number of carbonyl (C=O) groups is 1. The zero-order chi connectivity index (χ0) is 19.5. The Labute approximate surface area is 161 Å². The number of nitrogens with one attached hydrogen (secondary N) is 2. The van der Waals surface area contributed by atoms with Gasteiger partial charge >= 0.3 is 0 Å². The van der Waals surface area contributed by atoms with Gasteiger partial charge in [-0.25, -0.2) is 10.5 Å². The normalized spacial score (nSPS) is 11.2. The highest BCUT2D eigenvalue weighted by Gasteiger charge is 2.10. The molecule has 27 heavy (non-hydrogen) atoms. The van der Waals surface area contributed by atoms with Crippen LogP contribution in [0.25, 0.3) is 17.1 Å². The van der Waals surface area contributed by atoms with Gasteiger partial charge in [-0.3, -0.25) is 10.0 Å². The van der Waals surface area contributed by atoms with Gasteiger partial charge in [0.05, 0.1) is 5.52 Å². The number of imidazole rings is 1. The van der Waals surface area contributed by atoms with Crippen LogP contribution in [0.2, 0.25) is 0 Å². The smallest absolute Gasteiger partial charge is 0.267 e. The molecule has 0 fully saturated rings. The summed E-state index contributed by atoms with van der Waals surface area (Å²) >= 11 is 0. The quantitative estimate of drug-likeness (QED) is 0.232. The number of hydrogen-bond donors (Lipinski definition) is 3. The first-order valence-corrected chi connectivity index (χ1v) is 9.79. The van der Waals surface area contributed by atoms with Crippen LogP contribution < -0.4 is 10.8 Å². The lowest BCUT2D eigenvalue weighted by molar-refractivity contribution is -0.124. The Morgan fingerprint density at radius 3 is 2.78 bits per heavy atom. The molecule has 6 nitrogen and oxygen atoms in total. The van der Waals surface area contributed by atoms with Crippen LogP contribution in [-0.4, -0.2) is 34.3 Å². The highest BCUT2D eigenvalue weighted by Crippen LogP contribution is 2.18. The first-order chi connectivity index (χ1) is 13.2. The maximum atomic E-state index is 11.1. The highest BCUT2D eigenvalue weighted by molar-refractivity contribution is 5.91. The van der Waals surface area contributed by atoms with Crippen molar-refractivity contribution in [1.29, 1.82) is 0 Å². The van der Waals surface area contributed by atoms with E-state index in [4.69, 9.17) is 10.2 Å². The summed E-state index contributed by atoms with van der Waals surface area (Å²) in [6.07, 6.45) is 11.3. The summed E-state index contributed by atoms with van der Waals surface area (Å²) in [6, 6.07) is 8.13. The lowest BCUT2D eigenvalue weighted by atomic mass is 10.1. The number of rotatable bonds is 12. The molecule has 0 spiro atoms. The molecule has 2 aromatic rings. The topological polar surface area (TPSA) is 79.2 Å². The van der Waals surface area contributed by atoms with Crippen molar-refractivity contribution in [3.63, 3.8) is 0 Å². The summed E-state index contributed by atoms with van der Waals surface area (Å²) < 4.78 is 2.21. The van der Waals surface area contributed by atoms with Crippen LogP contribution in [0.4, 0.5) is 0 Å². The number of hydroxylamine groups is 1. The Balaban J connectivity index is 2.13. The number of fused-ring (bicyclic) bond motifs is 1. The van der Waals surface area contributed by atoms with Gasteiger partial charge in [0.2, 0.25) is 0 Å². The molecule has 2 rings (SSSR count). The molecule has 146 valence electrons. The molecule has 1 amide bonds. The van der Waals surface area contributed by atoms with E-state index in [0.29, 0.717) is 5.56 Å². The van der Waals surface area contributed by atoms with Crippen LogP contribution in [-0.2, 0) is 17.8 Å². The lowest BCUT2D eigenvalue weighted by Gasteiger charge is -2.08. The van der Waals surface area contributed by atoms with Crippen LogP contribution in [0.1, 0.15) is 56.8 Å². The molecular formula is C21H30N4O2. The minimum Gasteiger partial charge on any atom is -0.320 e. The van der Waals surface area contributed by atoms with Gasteiger partial charge in [0.25, 0.3) is 5.91 Å². The maximum absolute atomic E-state index is 11.1. The van der Waals surface area contributed by atoms with E-state index in [9.17, 15) is 4.79 Å². The van der Waals surface area contributed by atoms with Gasteiger partial charge in [0.15, 0.2) is 0 Å². The van der Waals surface area contributed by atoms with Crippen LogP contribution in [0.3, 0.4) is 0 Å². The summed E-state index contributed by atoms with van der Waals surface area (Å²) in [4.78, 5) is 15.9. The first-order valence-electron chi connectivity index (χ1n) is 9.79. The third-order valence-corrected chi connectivity index (χ3v) is 4.55. The van der Waals surface area contributed by atoms with Crippen LogP contribution in [0.15, 0.2) is 12.1 Å². The van der Waals surface area contributed by atoms with Crippen molar-refractivity contribution in [1.82, 2.24) is 20.3 Å². The second kappa shape index (κ2) is 11.4. The van der Waals surface area contributed by atoms with Crippen molar-refractivity contribution in [2.75, 3.05) is 13.6 Å². The predicted molar refractivity (Wildman–Crippen MR) is 107 cm³/mol. The van der Waals surface area contributed by atoms with Gasteiger partial charge in [-0.05, 0) is 31.7 Å². The second-order valence-corrected chi connectivity index (χ2v) is 6.69. The first kappa shape index (κ1) is 20.9. The Morgan fingerprint density at radius 2 is 2.04 bits per heavy atom. The van der Waals surface area contributed by atoms with Crippen molar-refractivity contribution in [3.05, 3.63) is 35.7 Å². The zero-order valence-corrected chi connectivity index (χ0v) is 16.3. The number of hydrogen-bond acceptors (Lipinski definition) is 4. The van der Waals surface area contributed by atoms with Crippen LogP contribution >= 0.6 is 0 Å². The number of aromatic nitrogens is 2. The molecular weight excluding hydrogens is 340 g/mol. The van der Waals surface area contributed by atoms with Gasteiger partial charge < -0.3 is 9.88 Å². The molecule has 0 radical (unpaired) electrons. The molecule has 0 aliphatic rings. The van der Waals surface area contributed by atoms with Crippen LogP contribution in [0, 0.1) is 12.1 Å². The van der Waals surface area contributed by atoms with Gasteiger partial charge in [0.1, 0.15) is 11.3 Å². The summed E-state index contributed by atoms with van der Waals surface area (Å²) in [6.45, 7) is 3.93. The molecule has 1 aromatic heterocycles. The molecule has 0 aliphatic carbocycles. The summed E-state index contributed by atoms with van der Waals surface area (Å²) in [5, 5.41) is 11.8. The summed E-state index contributed by atoms with van der Waals surface area (Å²) in [7, 11) is 1.94. The second-order valence-electron chi connectivity index (χ2n) is 6.69. The SMILES string of the molecule is CCCCCCCCc1nc2cc(/C=C/C(=O)NO)c#cc2n1CCNC. The van der Waals surface area contributed by atoms with Gasteiger partial charge in [0, 0.05) is 31.1 Å². The molecule has 0 saturated carbocycles. The van der Waals surface area contributed by atoms with Gasteiger partial charge in [-0.1, -0.05) is 45.1 Å². The Bertz CT molecular complexity index is 752. The number of amides is 1. The standard InChI is InChI=1S/C21H30N4O2/c1-3-4-5-6-7-8-9-20-23-18-16-17(11-13-21(26)24-27)10-12-19(18)25(20)15-14-22-2/h11,13,16,22,27H,3-9,14-15H2,1-2H3,(H,24,26)/b13-11+. The van der Waals surface area contributed by atoms with Gasteiger partial charge in [-0.2, -0.15) is 0 Å². The number of unbranched alkanes of at least 4 members (excludes halogenated alkanes) is 5. The van der Waals surface area contributed by atoms with Crippen molar-refractivity contribution >= 4 is 23.0 Å². The third kappa shape index (κ3) is 6.38. The van der Waals surface area contributed by atoms with E-state index in [1.54, 1.807) is 11.6 Å². The highest BCUT2D eigenvalue weighted by atomic mass is 16.5. The van der Waals surface area contributed by atoms with E-state index in [1.165, 1.54) is 38.2 Å². The van der Waals surface area contributed by atoms with Gasteiger partial charge in [-0.15, -0.1) is 0 Å². The number of carbonyl (C=O) groups excluding carboxylic acids is 1. The fourth-order valence-corrected chi connectivity index (χ4v) is 3.08. The minimum atomic E-state index is -0.577. The van der Waals surface area contributed by atoms with Crippen molar-refractivity contribution in [3.8, 4) is 0 Å². The molecule has 0 saturated heterocycles. The maximum Gasteiger partial charge on any atom is 0.267 e. The average molecular weight is 370 g/mol. The van der Waals surface area contributed by atoms with E-state index < -0.39 is 5.91 Å². The van der Waals surface area contributed by atoms with Crippen LogP contribution in [0.5, 0.6) is 0 Å². The zero-order valence-electron chi connectivity index (χ0n) is 16.3. The van der Waals surface area contributed by atoms with Crippen molar-refractivity contribution < 1.29 is 10.0 Å². The fourth-order valence-electron chi connectivity index (χ4n) is 3.08. The minimum absolute atomic E-state index is 0.577. The van der Waals surface area contributed by atoms with E-state index in [0.717, 1.165) is 42.8 Å².